The quantitative estimate of drug-likeness (QED) is 0.832. The van der Waals surface area contributed by atoms with Gasteiger partial charge in [-0.05, 0) is 25.0 Å². The molecule has 5 nitrogen and oxygen atoms in total. The fourth-order valence-electron chi connectivity index (χ4n) is 4.08. The molecule has 3 aliphatic rings. The third kappa shape index (κ3) is 2.63. The molecule has 5 heteroatoms. The summed E-state index contributed by atoms with van der Waals surface area (Å²) in [7, 11) is 0. The van der Waals surface area contributed by atoms with Gasteiger partial charge in [0, 0.05) is 50.4 Å². The molecule has 3 aliphatic heterocycles. The van der Waals surface area contributed by atoms with Gasteiger partial charge in [0.1, 0.15) is 0 Å². The number of anilines is 1. The molecule has 3 saturated heterocycles. The number of carbonyl (C=O) groups excluding carboxylic acids is 2. The minimum Gasteiger partial charge on any atom is -0.381 e. The van der Waals surface area contributed by atoms with Crippen molar-refractivity contribution in [2.45, 2.75) is 12.8 Å². The molecule has 1 aromatic carbocycles. The molecule has 0 bridgehead atoms. The van der Waals surface area contributed by atoms with E-state index in [0.29, 0.717) is 19.8 Å². The van der Waals surface area contributed by atoms with Gasteiger partial charge in [0.05, 0.1) is 5.92 Å². The standard InChI is InChI=1S/C18H22N2O3/c21-17(13-6-8-23-9-7-13)19-10-14-11-20(18(22)16(14)12-19)15-4-2-1-3-5-15/h1-5,13-14,16H,6-12H2/t14-,16-/m1/s1. The van der Waals surface area contributed by atoms with Gasteiger partial charge in [-0.3, -0.25) is 9.59 Å². The third-order valence-corrected chi connectivity index (χ3v) is 5.39. The van der Waals surface area contributed by atoms with Crippen LogP contribution in [0.15, 0.2) is 30.3 Å². The van der Waals surface area contributed by atoms with Crippen molar-refractivity contribution in [3.63, 3.8) is 0 Å². The van der Waals surface area contributed by atoms with Crippen molar-refractivity contribution in [2.75, 3.05) is 37.7 Å². The number of hydrogen-bond acceptors (Lipinski definition) is 3. The van der Waals surface area contributed by atoms with E-state index in [1.54, 1.807) is 0 Å². The highest BCUT2D eigenvalue weighted by Crippen LogP contribution is 2.36. The van der Waals surface area contributed by atoms with Crippen LogP contribution in [0.1, 0.15) is 12.8 Å². The van der Waals surface area contributed by atoms with E-state index in [1.807, 2.05) is 40.1 Å². The number of likely N-dealkylation sites (tertiary alicyclic amines) is 1. The minimum absolute atomic E-state index is 0.0287. The van der Waals surface area contributed by atoms with Crippen LogP contribution >= 0.6 is 0 Å². The Kier molecular flexibility index (Phi) is 3.81. The van der Waals surface area contributed by atoms with Gasteiger partial charge in [0.25, 0.3) is 0 Å². The molecule has 0 radical (unpaired) electrons. The van der Waals surface area contributed by atoms with Gasteiger partial charge in [-0.2, -0.15) is 0 Å². The number of para-hydroxylation sites is 1. The Hall–Kier alpha value is -1.88. The van der Waals surface area contributed by atoms with E-state index >= 15 is 0 Å². The van der Waals surface area contributed by atoms with Gasteiger partial charge in [0.15, 0.2) is 0 Å². The number of nitrogens with zero attached hydrogens (tertiary/aromatic N) is 2. The van der Waals surface area contributed by atoms with Crippen LogP contribution in [0.25, 0.3) is 0 Å². The second-order valence-corrected chi connectivity index (χ2v) is 6.78. The second-order valence-electron chi connectivity index (χ2n) is 6.78. The average molecular weight is 314 g/mol. The fraction of sp³-hybridized carbons (Fsp3) is 0.556. The molecule has 0 spiro atoms. The zero-order valence-electron chi connectivity index (χ0n) is 13.2. The topological polar surface area (TPSA) is 49.9 Å². The van der Waals surface area contributed by atoms with Crippen LogP contribution in [0, 0.1) is 17.8 Å². The van der Waals surface area contributed by atoms with Crippen molar-refractivity contribution in [3.05, 3.63) is 30.3 Å². The van der Waals surface area contributed by atoms with Crippen molar-refractivity contribution in [1.82, 2.24) is 4.90 Å². The number of fused-ring (bicyclic) bond motifs is 1. The summed E-state index contributed by atoms with van der Waals surface area (Å²) >= 11 is 0. The summed E-state index contributed by atoms with van der Waals surface area (Å²) in [6.45, 7) is 3.39. The number of benzene rings is 1. The Labute approximate surface area is 136 Å². The van der Waals surface area contributed by atoms with Crippen LogP contribution in [0.2, 0.25) is 0 Å². The van der Waals surface area contributed by atoms with Crippen molar-refractivity contribution in [1.29, 1.82) is 0 Å². The van der Waals surface area contributed by atoms with E-state index in [9.17, 15) is 9.59 Å². The number of rotatable bonds is 2. The first-order chi connectivity index (χ1) is 11.2. The molecule has 0 aromatic heterocycles. The summed E-state index contributed by atoms with van der Waals surface area (Å²) in [5.74, 6) is 0.721. The lowest BCUT2D eigenvalue weighted by Gasteiger charge is -2.27. The Morgan fingerprint density at radius 1 is 1.04 bits per heavy atom. The van der Waals surface area contributed by atoms with E-state index in [1.165, 1.54) is 0 Å². The smallest absolute Gasteiger partial charge is 0.232 e. The maximum Gasteiger partial charge on any atom is 0.232 e. The number of carbonyl (C=O) groups is 2. The largest absolute Gasteiger partial charge is 0.381 e. The normalized spacial score (nSPS) is 28.3. The first-order valence-electron chi connectivity index (χ1n) is 8.47. The van der Waals surface area contributed by atoms with Gasteiger partial charge in [-0.15, -0.1) is 0 Å². The SMILES string of the molecule is O=C(C1CCOCC1)N1C[C@@H]2CN(c3ccccc3)C(=O)[C@@H]2C1. The molecule has 0 saturated carbocycles. The van der Waals surface area contributed by atoms with Gasteiger partial charge in [-0.1, -0.05) is 18.2 Å². The predicted octanol–water partition coefficient (Wildman–Crippen LogP) is 1.53. The average Bonchev–Trinajstić information content (AvgIpc) is 3.16. The fourth-order valence-corrected chi connectivity index (χ4v) is 4.08. The van der Waals surface area contributed by atoms with E-state index in [2.05, 4.69) is 0 Å². The molecule has 122 valence electrons. The maximum atomic E-state index is 12.7. The van der Waals surface area contributed by atoms with Crippen molar-refractivity contribution in [3.8, 4) is 0 Å². The molecule has 4 rings (SSSR count). The van der Waals surface area contributed by atoms with Crippen molar-refractivity contribution < 1.29 is 14.3 Å². The molecule has 1 aromatic rings. The molecular formula is C18H22N2O3. The van der Waals surface area contributed by atoms with Crippen molar-refractivity contribution in [2.24, 2.45) is 17.8 Å². The summed E-state index contributed by atoms with van der Waals surface area (Å²) in [5.41, 5.74) is 0.967. The Balaban J connectivity index is 1.42. The van der Waals surface area contributed by atoms with Gasteiger partial charge in [-0.25, -0.2) is 0 Å². The van der Waals surface area contributed by atoms with Gasteiger partial charge < -0.3 is 14.5 Å². The molecule has 23 heavy (non-hydrogen) atoms. The van der Waals surface area contributed by atoms with Crippen LogP contribution in [0.5, 0.6) is 0 Å². The van der Waals surface area contributed by atoms with E-state index < -0.39 is 0 Å². The first kappa shape index (κ1) is 14.7. The summed E-state index contributed by atoms with van der Waals surface area (Å²) in [5, 5.41) is 0. The lowest BCUT2D eigenvalue weighted by atomic mass is 9.99. The van der Waals surface area contributed by atoms with E-state index in [4.69, 9.17) is 4.74 Å². The zero-order chi connectivity index (χ0) is 15.8. The number of ether oxygens (including phenoxy) is 1. The van der Waals surface area contributed by atoms with Crippen LogP contribution in [0.3, 0.4) is 0 Å². The lowest BCUT2D eigenvalue weighted by molar-refractivity contribution is -0.137. The molecule has 0 N–H and O–H groups in total. The highest BCUT2D eigenvalue weighted by molar-refractivity contribution is 5.98. The molecule has 3 fully saturated rings. The molecule has 0 aliphatic carbocycles. The van der Waals surface area contributed by atoms with Gasteiger partial charge in [0.2, 0.25) is 11.8 Å². The lowest BCUT2D eigenvalue weighted by Crippen LogP contribution is -2.40. The highest BCUT2D eigenvalue weighted by Gasteiger charge is 2.48. The van der Waals surface area contributed by atoms with Gasteiger partial charge >= 0.3 is 0 Å². The molecule has 2 atom stereocenters. The second kappa shape index (κ2) is 5.96. The Bertz CT molecular complexity index is 598. The van der Waals surface area contributed by atoms with Crippen LogP contribution in [0.4, 0.5) is 5.69 Å². The summed E-state index contributed by atoms with van der Waals surface area (Å²) in [6, 6.07) is 9.82. The monoisotopic (exact) mass is 314 g/mol. The minimum atomic E-state index is -0.0287. The molecule has 0 unspecified atom stereocenters. The predicted molar refractivity (Wildman–Crippen MR) is 85.9 cm³/mol. The number of hydrogen-bond donors (Lipinski definition) is 0. The van der Waals surface area contributed by atoms with E-state index in [0.717, 1.165) is 31.6 Å². The van der Waals surface area contributed by atoms with Crippen LogP contribution in [-0.4, -0.2) is 49.6 Å². The summed E-state index contributed by atoms with van der Waals surface area (Å²) in [4.78, 5) is 29.1. The third-order valence-electron chi connectivity index (χ3n) is 5.39. The van der Waals surface area contributed by atoms with Crippen LogP contribution in [-0.2, 0) is 14.3 Å². The Morgan fingerprint density at radius 2 is 1.78 bits per heavy atom. The molecular weight excluding hydrogens is 292 g/mol. The number of amides is 2. The Morgan fingerprint density at radius 3 is 2.48 bits per heavy atom. The highest BCUT2D eigenvalue weighted by atomic mass is 16.5. The van der Waals surface area contributed by atoms with E-state index in [-0.39, 0.29) is 29.6 Å². The molecule has 3 heterocycles. The zero-order valence-corrected chi connectivity index (χ0v) is 13.2. The summed E-state index contributed by atoms with van der Waals surface area (Å²) < 4.78 is 5.34. The van der Waals surface area contributed by atoms with Crippen molar-refractivity contribution >= 4 is 17.5 Å². The summed E-state index contributed by atoms with van der Waals surface area (Å²) in [6.07, 6.45) is 1.63. The molecule has 2 amide bonds. The van der Waals surface area contributed by atoms with Crippen LogP contribution < -0.4 is 4.90 Å². The maximum absolute atomic E-state index is 12.7. The first-order valence-corrected chi connectivity index (χ1v) is 8.47.